The van der Waals surface area contributed by atoms with Gasteiger partial charge >= 0.3 is 6.18 Å². The number of carbonyl (C=O) groups excluding carboxylic acids is 1. The molecule has 0 bridgehead atoms. The lowest BCUT2D eigenvalue weighted by Gasteiger charge is -2.34. The van der Waals surface area contributed by atoms with Crippen molar-refractivity contribution in [1.82, 2.24) is 19.6 Å². The number of aryl methyl sites for hydroxylation is 1. The monoisotopic (exact) mass is 422 g/mol. The number of hydrogen-bond acceptors (Lipinski definition) is 3. The van der Waals surface area contributed by atoms with Crippen LogP contribution in [0.25, 0.3) is 0 Å². The molecule has 0 atom stereocenters. The van der Waals surface area contributed by atoms with Crippen LogP contribution in [0, 0.1) is 5.92 Å². The molecule has 0 radical (unpaired) electrons. The molecule has 3 rings (SSSR count). The second-order valence-electron chi connectivity index (χ2n) is 8.03. The Labute approximate surface area is 175 Å². The molecule has 5 nitrogen and oxygen atoms in total. The minimum Gasteiger partial charge on any atom is -0.345 e. The molecule has 0 spiro atoms. The van der Waals surface area contributed by atoms with Crippen LogP contribution in [0.15, 0.2) is 42.7 Å². The van der Waals surface area contributed by atoms with Crippen LogP contribution in [0.3, 0.4) is 0 Å². The first-order valence-corrected chi connectivity index (χ1v) is 10.4. The third-order valence-corrected chi connectivity index (χ3v) is 5.75. The number of piperidine rings is 1. The van der Waals surface area contributed by atoms with Crippen LogP contribution in [0.5, 0.6) is 0 Å². The first kappa shape index (κ1) is 22.3. The van der Waals surface area contributed by atoms with Crippen LogP contribution in [-0.4, -0.2) is 58.7 Å². The summed E-state index contributed by atoms with van der Waals surface area (Å²) in [5, 5.41) is 4.11. The molecule has 0 unspecified atom stereocenters. The number of benzene rings is 1. The van der Waals surface area contributed by atoms with E-state index in [4.69, 9.17) is 0 Å². The average Bonchev–Trinajstić information content (AvgIpc) is 3.25. The van der Waals surface area contributed by atoms with Crippen LogP contribution in [0.4, 0.5) is 13.2 Å². The number of carbonyl (C=O) groups is 1. The fourth-order valence-electron chi connectivity index (χ4n) is 3.91. The number of hydrogen-bond donors (Lipinski definition) is 0. The molecule has 1 aliphatic rings. The van der Waals surface area contributed by atoms with Crippen molar-refractivity contribution < 1.29 is 18.0 Å². The van der Waals surface area contributed by atoms with Crippen LogP contribution in [0.1, 0.15) is 30.4 Å². The summed E-state index contributed by atoms with van der Waals surface area (Å²) in [5.74, 6) is 0.589. The molecule has 2 heterocycles. The Morgan fingerprint density at radius 2 is 1.97 bits per heavy atom. The van der Waals surface area contributed by atoms with E-state index in [1.807, 2.05) is 24.2 Å². The lowest BCUT2D eigenvalue weighted by molar-refractivity contribution is -0.137. The summed E-state index contributed by atoms with van der Waals surface area (Å²) < 4.78 is 40.3. The molecule has 1 aromatic heterocycles. The number of halogens is 3. The van der Waals surface area contributed by atoms with Gasteiger partial charge in [0.25, 0.3) is 0 Å². The maximum atomic E-state index is 12.8. The van der Waals surface area contributed by atoms with Crippen LogP contribution in [0.2, 0.25) is 0 Å². The first-order valence-electron chi connectivity index (χ1n) is 10.4. The molecule has 0 saturated carbocycles. The summed E-state index contributed by atoms with van der Waals surface area (Å²) in [6, 6.07) is 7.43. The van der Waals surface area contributed by atoms with Gasteiger partial charge in [-0.2, -0.15) is 18.3 Å². The molecule has 164 valence electrons. The Hall–Kier alpha value is -2.35. The zero-order valence-corrected chi connectivity index (χ0v) is 17.3. The Morgan fingerprint density at radius 3 is 2.63 bits per heavy atom. The summed E-state index contributed by atoms with van der Waals surface area (Å²) in [4.78, 5) is 16.4. The van der Waals surface area contributed by atoms with Crippen molar-refractivity contribution in [2.45, 2.75) is 38.4 Å². The third kappa shape index (κ3) is 6.58. The molecule has 8 heteroatoms. The minimum absolute atomic E-state index is 0.123. The number of rotatable bonds is 8. The van der Waals surface area contributed by atoms with Gasteiger partial charge in [0.05, 0.1) is 5.56 Å². The van der Waals surface area contributed by atoms with Crippen molar-refractivity contribution in [2.24, 2.45) is 5.92 Å². The van der Waals surface area contributed by atoms with Crippen molar-refractivity contribution >= 4 is 5.91 Å². The number of likely N-dealkylation sites (tertiary alicyclic amines) is 1. The van der Waals surface area contributed by atoms with Crippen LogP contribution < -0.4 is 0 Å². The molecule has 1 saturated heterocycles. The third-order valence-electron chi connectivity index (χ3n) is 5.75. The van der Waals surface area contributed by atoms with Crippen molar-refractivity contribution in [1.29, 1.82) is 0 Å². The van der Waals surface area contributed by atoms with E-state index in [2.05, 4.69) is 10.00 Å². The quantitative estimate of drug-likeness (QED) is 0.651. The van der Waals surface area contributed by atoms with Crippen LogP contribution >= 0.6 is 0 Å². The van der Waals surface area contributed by atoms with Gasteiger partial charge in [-0.3, -0.25) is 9.48 Å². The van der Waals surface area contributed by atoms with Gasteiger partial charge in [-0.05, 0) is 56.0 Å². The lowest BCUT2D eigenvalue weighted by atomic mass is 9.95. The fraction of sp³-hybridized carbons (Fsp3) is 0.545. The summed E-state index contributed by atoms with van der Waals surface area (Å²) >= 11 is 0. The molecule has 2 aromatic rings. The maximum absolute atomic E-state index is 12.8. The zero-order valence-electron chi connectivity index (χ0n) is 17.3. The second-order valence-corrected chi connectivity index (χ2v) is 8.03. The van der Waals surface area contributed by atoms with Gasteiger partial charge in [0.15, 0.2) is 0 Å². The van der Waals surface area contributed by atoms with E-state index in [-0.39, 0.29) is 5.91 Å². The Kier molecular flexibility index (Phi) is 7.53. The summed E-state index contributed by atoms with van der Waals surface area (Å²) in [7, 11) is 1.85. The largest absolute Gasteiger partial charge is 0.416 e. The van der Waals surface area contributed by atoms with Crippen molar-refractivity contribution in [3.05, 3.63) is 53.9 Å². The predicted octanol–water partition coefficient (Wildman–Crippen LogP) is 3.71. The van der Waals surface area contributed by atoms with E-state index < -0.39 is 11.7 Å². The van der Waals surface area contributed by atoms with E-state index in [1.54, 1.807) is 16.9 Å². The molecular weight excluding hydrogens is 393 g/mol. The van der Waals surface area contributed by atoms with Crippen molar-refractivity contribution in [2.75, 3.05) is 33.2 Å². The first-order chi connectivity index (χ1) is 14.3. The number of nitrogens with zero attached hydrogens (tertiary/aromatic N) is 4. The summed E-state index contributed by atoms with van der Waals surface area (Å²) in [6.45, 7) is 3.92. The highest BCUT2D eigenvalue weighted by Crippen LogP contribution is 2.29. The maximum Gasteiger partial charge on any atom is 0.416 e. The lowest BCUT2D eigenvalue weighted by Crippen LogP contribution is -2.40. The van der Waals surface area contributed by atoms with Crippen molar-refractivity contribution in [3.63, 3.8) is 0 Å². The molecule has 0 aliphatic carbocycles. The van der Waals surface area contributed by atoms with Gasteiger partial charge in [-0.1, -0.05) is 18.2 Å². The molecule has 30 heavy (non-hydrogen) atoms. The molecule has 1 aromatic carbocycles. The number of amides is 1. The highest BCUT2D eigenvalue weighted by Gasteiger charge is 2.30. The normalized spacial score (nSPS) is 16.0. The standard InChI is InChI=1S/C22H29F3N4O/c1-27(21(30)9-15-29-11-3-10-26-29)17-19-7-13-28(14-8-19)12-6-18-4-2-5-20(16-18)22(23,24)25/h2-5,10-11,16,19H,6-9,12-15,17H2,1H3. The van der Waals surface area contributed by atoms with Gasteiger partial charge in [0, 0.05) is 45.5 Å². The summed E-state index contributed by atoms with van der Waals surface area (Å²) in [5.41, 5.74) is 0.133. The fourth-order valence-corrected chi connectivity index (χ4v) is 3.91. The number of aromatic nitrogens is 2. The highest BCUT2D eigenvalue weighted by atomic mass is 19.4. The molecule has 0 N–H and O–H groups in total. The van der Waals surface area contributed by atoms with E-state index in [1.165, 1.54) is 12.1 Å². The van der Waals surface area contributed by atoms with E-state index in [9.17, 15) is 18.0 Å². The van der Waals surface area contributed by atoms with Crippen LogP contribution in [-0.2, 0) is 23.9 Å². The summed E-state index contributed by atoms with van der Waals surface area (Å²) in [6.07, 6.45) is 2.31. The molecule has 1 amide bonds. The Morgan fingerprint density at radius 1 is 1.20 bits per heavy atom. The Bertz CT molecular complexity index is 799. The molecular formula is C22H29F3N4O. The van der Waals surface area contributed by atoms with E-state index in [0.29, 0.717) is 25.3 Å². The molecule has 1 fully saturated rings. The highest BCUT2D eigenvalue weighted by molar-refractivity contribution is 5.75. The van der Waals surface area contributed by atoms with Gasteiger partial charge in [0.2, 0.25) is 5.91 Å². The Balaban J connectivity index is 1.37. The van der Waals surface area contributed by atoms with Gasteiger partial charge in [-0.25, -0.2) is 0 Å². The van der Waals surface area contributed by atoms with E-state index >= 15 is 0 Å². The average molecular weight is 422 g/mol. The van der Waals surface area contributed by atoms with Gasteiger partial charge in [-0.15, -0.1) is 0 Å². The van der Waals surface area contributed by atoms with Crippen molar-refractivity contribution in [3.8, 4) is 0 Å². The predicted molar refractivity (Wildman–Crippen MR) is 109 cm³/mol. The van der Waals surface area contributed by atoms with E-state index in [0.717, 1.165) is 50.7 Å². The zero-order chi connectivity index (χ0) is 21.6. The topological polar surface area (TPSA) is 41.4 Å². The van der Waals surface area contributed by atoms with Gasteiger partial charge in [0.1, 0.15) is 0 Å². The molecule has 1 aliphatic heterocycles. The number of alkyl halides is 3. The van der Waals surface area contributed by atoms with Gasteiger partial charge < -0.3 is 9.80 Å². The minimum atomic E-state index is -4.30. The SMILES string of the molecule is CN(CC1CCN(CCc2cccc(C(F)(F)F)c2)CC1)C(=O)CCn1cccn1. The smallest absolute Gasteiger partial charge is 0.345 e. The second kappa shape index (κ2) is 10.1.